The highest BCUT2D eigenvalue weighted by Crippen LogP contribution is 2.32. The molecule has 2 saturated heterocycles. The SMILES string of the molecule is COc1ccc(-c2ccc3c(N4CCOC[C@H]4C)nc(N4CCOC[C@@H]4C)nc3n2)cc1CO. The Hall–Kier alpha value is -3.01. The van der Waals surface area contributed by atoms with Crippen LogP contribution in [0.25, 0.3) is 22.3 Å². The lowest BCUT2D eigenvalue weighted by Crippen LogP contribution is -2.46. The van der Waals surface area contributed by atoms with Gasteiger partial charge in [0, 0.05) is 24.2 Å². The molecule has 180 valence electrons. The number of pyridine rings is 1. The summed E-state index contributed by atoms with van der Waals surface area (Å²) in [6, 6.07) is 10.1. The maximum Gasteiger partial charge on any atom is 0.229 e. The fourth-order valence-corrected chi connectivity index (χ4v) is 4.62. The highest BCUT2D eigenvalue weighted by molar-refractivity contribution is 5.90. The zero-order valence-electron chi connectivity index (χ0n) is 19.9. The molecule has 2 atom stereocenters. The van der Waals surface area contributed by atoms with Crippen molar-refractivity contribution in [3.8, 4) is 17.0 Å². The summed E-state index contributed by atoms with van der Waals surface area (Å²) < 4.78 is 16.7. The third-order valence-electron chi connectivity index (χ3n) is 6.54. The normalized spacial score (nSPS) is 21.2. The lowest BCUT2D eigenvalue weighted by Gasteiger charge is -2.37. The van der Waals surface area contributed by atoms with E-state index in [4.69, 9.17) is 29.2 Å². The number of rotatable bonds is 5. The van der Waals surface area contributed by atoms with Gasteiger partial charge in [-0.3, -0.25) is 0 Å². The summed E-state index contributed by atoms with van der Waals surface area (Å²) in [5.74, 6) is 2.22. The first-order valence-electron chi connectivity index (χ1n) is 11.7. The molecule has 0 radical (unpaired) electrons. The Labute approximate surface area is 199 Å². The highest BCUT2D eigenvalue weighted by Gasteiger charge is 2.27. The number of hydrogen-bond donors (Lipinski definition) is 1. The first kappa shape index (κ1) is 22.8. The number of aliphatic hydroxyl groups is 1. The molecule has 0 saturated carbocycles. The first-order chi connectivity index (χ1) is 16.6. The van der Waals surface area contributed by atoms with Crippen LogP contribution in [0.15, 0.2) is 30.3 Å². The maximum absolute atomic E-state index is 9.75. The molecule has 4 heterocycles. The number of aliphatic hydroxyl groups excluding tert-OH is 1. The van der Waals surface area contributed by atoms with Gasteiger partial charge in [0.25, 0.3) is 0 Å². The number of benzene rings is 1. The van der Waals surface area contributed by atoms with E-state index in [1.165, 1.54) is 0 Å². The summed E-state index contributed by atoms with van der Waals surface area (Å²) in [5, 5.41) is 10.7. The van der Waals surface area contributed by atoms with Gasteiger partial charge in [-0.25, -0.2) is 4.98 Å². The molecule has 2 aromatic heterocycles. The number of methoxy groups -OCH3 is 1. The van der Waals surface area contributed by atoms with Crippen molar-refractivity contribution in [1.82, 2.24) is 15.0 Å². The van der Waals surface area contributed by atoms with Crippen molar-refractivity contribution in [2.24, 2.45) is 0 Å². The van der Waals surface area contributed by atoms with Crippen LogP contribution < -0.4 is 14.5 Å². The van der Waals surface area contributed by atoms with Gasteiger partial charge in [0.15, 0.2) is 5.65 Å². The van der Waals surface area contributed by atoms with Gasteiger partial charge >= 0.3 is 0 Å². The largest absolute Gasteiger partial charge is 0.496 e. The van der Waals surface area contributed by atoms with Crippen molar-refractivity contribution < 1.29 is 19.3 Å². The second-order valence-corrected chi connectivity index (χ2v) is 8.83. The maximum atomic E-state index is 9.75. The quantitative estimate of drug-likeness (QED) is 0.610. The average Bonchev–Trinajstić information content (AvgIpc) is 2.88. The zero-order valence-corrected chi connectivity index (χ0v) is 19.9. The smallest absolute Gasteiger partial charge is 0.229 e. The summed E-state index contributed by atoms with van der Waals surface area (Å²) in [5.41, 5.74) is 3.05. The second-order valence-electron chi connectivity index (χ2n) is 8.83. The van der Waals surface area contributed by atoms with Crippen molar-refractivity contribution in [2.75, 3.05) is 56.4 Å². The molecule has 5 rings (SSSR count). The molecule has 0 amide bonds. The Balaban J connectivity index is 1.64. The molecule has 2 aliphatic rings. The fraction of sp³-hybridized carbons (Fsp3) is 0.480. The van der Waals surface area contributed by atoms with Gasteiger partial charge < -0.3 is 29.1 Å². The first-order valence-corrected chi connectivity index (χ1v) is 11.7. The lowest BCUT2D eigenvalue weighted by atomic mass is 10.1. The van der Waals surface area contributed by atoms with E-state index in [0.29, 0.717) is 43.8 Å². The standard InChI is InChI=1S/C25H31N5O4/c1-16-14-33-10-8-29(16)24-20-5-6-21(18-4-7-22(32-3)19(12-18)13-31)26-23(20)27-25(28-24)30-9-11-34-15-17(30)2/h4-7,12,16-17,31H,8-11,13-15H2,1-3H3/t16-,17+/m1/s1. The van der Waals surface area contributed by atoms with Crippen LogP contribution in [-0.4, -0.2) is 78.8 Å². The second kappa shape index (κ2) is 9.69. The lowest BCUT2D eigenvalue weighted by molar-refractivity contribution is 0.0973. The molecule has 2 fully saturated rings. The van der Waals surface area contributed by atoms with Gasteiger partial charge in [-0.15, -0.1) is 0 Å². The molecule has 2 aliphatic heterocycles. The third kappa shape index (κ3) is 4.26. The van der Waals surface area contributed by atoms with E-state index in [2.05, 4.69) is 23.6 Å². The Morgan fingerprint density at radius 2 is 1.71 bits per heavy atom. The summed E-state index contributed by atoms with van der Waals surface area (Å²) in [6.45, 7) is 8.31. The number of aromatic nitrogens is 3. The molecular formula is C25H31N5O4. The molecule has 34 heavy (non-hydrogen) atoms. The topological polar surface area (TPSA) is 93.1 Å². The van der Waals surface area contributed by atoms with Gasteiger partial charge in [-0.2, -0.15) is 9.97 Å². The number of hydrogen-bond acceptors (Lipinski definition) is 9. The molecule has 9 heteroatoms. The molecule has 0 bridgehead atoms. The van der Waals surface area contributed by atoms with Crippen molar-refractivity contribution in [3.63, 3.8) is 0 Å². The summed E-state index contributed by atoms with van der Waals surface area (Å²) in [4.78, 5) is 19.4. The minimum absolute atomic E-state index is 0.106. The third-order valence-corrected chi connectivity index (χ3v) is 6.54. The predicted molar refractivity (Wildman–Crippen MR) is 130 cm³/mol. The average molecular weight is 466 g/mol. The van der Waals surface area contributed by atoms with Crippen LogP contribution in [0.1, 0.15) is 19.4 Å². The minimum atomic E-state index is -0.106. The predicted octanol–water partition coefficient (Wildman–Crippen LogP) is 2.64. The summed E-state index contributed by atoms with van der Waals surface area (Å²) in [6.07, 6.45) is 0. The number of nitrogens with zero attached hydrogens (tertiary/aromatic N) is 5. The molecule has 1 N–H and O–H groups in total. The van der Waals surface area contributed by atoms with Crippen LogP contribution in [0.2, 0.25) is 0 Å². The van der Waals surface area contributed by atoms with Crippen LogP contribution in [0.5, 0.6) is 5.75 Å². The number of fused-ring (bicyclic) bond motifs is 1. The van der Waals surface area contributed by atoms with Gasteiger partial charge in [-0.05, 0) is 44.2 Å². The molecule has 0 unspecified atom stereocenters. The Bertz CT molecular complexity index is 1170. The molecule has 1 aromatic carbocycles. The molecule has 0 aliphatic carbocycles. The van der Waals surface area contributed by atoms with Crippen LogP contribution in [0, 0.1) is 0 Å². The van der Waals surface area contributed by atoms with Crippen LogP contribution in [0.4, 0.5) is 11.8 Å². The van der Waals surface area contributed by atoms with E-state index in [0.717, 1.165) is 41.1 Å². The van der Waals surface area contributed by atoms with E-state index in [1.807, 2.05) is 30.3 Å². The van der Waals surface area contributed by atoms with Crippen molar-refractivity contribution in [1.29, 1.82) is 0 Å². The highest BCUT2D eigenvalue weighted by atomic mass is 16.5. The Kier molecular flexibility index (Phi) is 6.49. The summed E-state index contributed by atoms with van der Waals surface area (Å²) in [7, 11) is 1.60. The van der Waals surface area contributed by atoms with Gasteiger partial charge in [0.05, 0.1) is 63.3 Å². The van der Waals surface area contributed by atoms with Crippen LogP contribution in [0.3, 0.4) is 0 Å². The zero-order chi connectivity index (χ0) is 23.7. The number of ether oxygens (including phenoxy) is 3. The monoisotopic (exact) mass is 465 g/mol. The molecule has 3 aromatic rings. The van der Waals surface area contributed by atoms with E-state index in [1.54, 1.807) is 7.11 Å². The van der Waals surface area contributed by atoms with E-state index < -0.39 is 0 Å². The molecule has 9 nitrogen and oxygen atoms in total. The molecule has 0 spiro atoms. The van der Waals surface area contributed by atoms with Crippen LogP contribution in [-0.2, 0) is 16.1 Å². The fourth-order valence-electron chi connectivity index (χ4n) is 4.62. The molecular weight excluding hydrogens is 434 g/mol. The number of morpholine rings is 2. The van der Waals surface area contributed by atoms with E-state index in [9.17, 15) is 5.11 Å². The summed E-state index contributed by atoms with van der Waals surface area (Å²) >= 11 is 0. The minimum Gasteiger partial charge on any atom is -0.496 e. The van der Waals surface area contributed by atoms with Gasteiger partial charge in [0.1, 0.15) is 11.6 Å². The Morgan fingerprint density at radius 1 is 0.971 bits per heavy atom. The van der Waals surface area contributed by atoms with Crippen LogP contribution >= 0.6 is 0 Å². The Morgan fingerprint density at radius 3 is 2.38 bits per heavy atom. The van der Waals surface area contributed by atoms with Gasteiger partial charge in [0.2, 0.25) is 5.95 Å². The van der Waals surface area contributed by atoms with Crippen molar-refractivity contribution in [2.45, 2.75) is 32.5 Å². The van der Waals surface area contributed by atoms with Crippen molar-refractivity contribution >= 4 is 22.8 Å². The number of anilines is 2. The van der Waals surface area contributed by atoms with Crippen molar-refractivity contribution in [3.05, 3.63) is 35.9 Å². The van der Waals surface area contributed by atoms with Gasteiger partial charge in [-0.1, -0.05) is 0 Å². The van der Waals surface area contributed by atoms with E-state index >= 15 is 0 Å². The van der Waals surface area contributed by atoms with E-state index in [-0.39, 0.29) is 18.7 Å².